The van der Waals surface area contributed by atoms with Gasteiger partial charge in [0.1, 0.15) is 12.4 Å². The maximum atomic E-state index is 5.61. The van der Waals surface area contributed by atoms with Gasteiger partial charge in [0, 0.05) is 6.54 Å². The molecule has 1 aromatic carbocycles. The molecule has 0 amide bonds. The maximum Gasteiger partial charge on any atom is 0.129 e. The van der Waals surface area contributed by atoms with Gasteiger partial charge in [-0.2, -0.15) is 0 Å². The minimum atomic E-state index is 0.518. The third-order valence-corrected chi connectivity index (χ3v) is 2.66. The highest BCUT2D eigenvalue weighted by Gasteiger charge is 1.98. The predicted octanol–water partition coefficient (Wildman–Crippen LogP) is 3.11. The Morgan fingerprint density at radius 3 is 2.78 bits per heavy atom. The SMILES string of the molecule is CCNCc1cccc(COCc2ccco2)c1. The molecule has 1 aromatic heterocycles. The van der Waals surface area contributed by atoms with Crippen molar-refractivity contribution >= 4 is 0 Å². The molecule has 3 nitrogen and oxygen atoms in total. The molecule has 0 radical (unpaired) electrons. The molecule has 96 valence electrons. The third kappa shape index (κ3) is 4.02. The molecule has 0 spiro atoms. The highest BCUT2D eigenvalue weighted by atomic mass is 16.5. The van der Waals surface area contributed by atoms with E-state index in [2.05, 4.69) is 36.5 Å². The molecule has 2 aromatic rings. The number of benzene rings is 1. The van der Waals surface area contributed by atoms with Gasteiger partial charge in [-0.05, 0) is 29.8 Å². The zero-order chi connectivity index (χ0) is 12.6. The van der Waals surface area contributed by atoms with Crippen molar-refractivity contribution in [2.45, 2.75) is 26.7 Å². The van der Waals surface area contributed by atoms with Gasteiger partial charge in [-0.1, -0.05) is 31.2 Å². The number of ether oxygens (including phenoxy) is 1. The Labute approximate surface area is 108 Å². The fraction of sp³-hybridized carbons (Fsp3) is 0.333. The summed E-state index contributed by atoms with van der Waals surface area (Å²) in [4.78, 5) is 0. The van der Waals surface area contributed by atoms with Gasteiger partial charge in [0.2, 0.25) is 0 Å². The van der Waals surface area contributed by atoms with Crippen LogP contribution in [0.15, 0.2) is 47.1 Å². The molecule has 3 heteroatoms. The summed E-state index contributed by atoms with van der Waals surface area (Å²) in [6.07, 6.45) is 1.66. The Hall–Kier alpha value is -1.58. The molecule has 1 N–H and O–H groups in total. The summed E-state index contributed by atoms with van der Waals surface area (Å²) in [7, 11) is 0. The van der Waals surface area contributed by atoms with E-state index in [0.717, 1.165) is 18.8 Å². The van der Waals surface area contributed by atoms with Crippen molar-refractivity contribution in [3.05, 3.63) is 59.5 Å². The average Bonchev–Trinajstić information content (AvgIpc) is 2.90. The van der Waals surface area contributed by atoms with Gasteiger partial charge >= 0.3 is 0 Å². The van der Waals surface area contributed by atoms with Gasteiger partial charge in [-0.25, -0.2) is 0 Å². The highest BCUT2D eigenvalue weighted by molar-refractivity contribution is 5.22. The van der Waals surface area contributed by atoms with E-state index in [9.17, 15) is 0 Å². The van der Waals surface area contributed by atoms with Gasteiger partial charge in [0.15, 0.2) is 0 Å². The van der Waals surface area contributed by atoms with Crippen molar-refractivity contribution in [2.75, 3.05) is 6.54 Å². The van der Waals surface area contributed by atoms with Crippen molar-refractivity contribution in [3.8, 4) is 0 Å². The number of nitrogens with one attached hydrogen (secondary N) is 1. The first-order valence-corrected chi connectivity index (χ1v) is 6.27. The minimum absolute atomic E-state index is 0.518. The van der Waals surface area contributed by atoms with Gasteiger partial charge in [-0.15, -0.1) is 0 Å². The van der Waals surface area contributed by atoms with E-state index >= 15 is 0 Å². The van der Waals surface area contributed by atoms with Gasteiger partial charge in [0.05, 0.1) is 12.9 Å². The van der Waals surface area contributed by atoms with Crippen molar-refractivity contribution < 1.29 is 9.15 Å². The molecule has 0 saturated carbocycles. The van der Waals surface area contributed by atoms with E-state index in [1.54, 1.807) is 6.26 Å². The molecule has 0 bridgehead atoms. The lowest BCUT2D eigenvalue weighted by molar-refractivity contribution is 0.0929. The first kappa shape index (κ1) is 12.9. The fourth-order valence-corrected chi connectivity index (χ4v) is 1.76. The summed E-state index contributed by atoms with van der Waals surface area (Å²) >= 11 is 0. The second kappa shape index (κ2) is 6.99. The standard InChI is InChI=1S/C15H19NO2/c1-2-16-10-13-5-3-6-14(9-13)11-17-12-15-7-4-8-18-15/h3-9,16H,2,10-12H2,1H3. The van der Waals surface area contributed by atoms with E-state index in [1.807, 2.05) is 12.1 Å². The highest BCUT2D eigenvalue weighted by Crippen LogP contribution is 2.09. The van der Waals surface area contributed by atoms with Crippen molar-refractivity contribution in [2.24, 2.45) is 0 Å². The number of hydrogen-bond acceptors (Lipinski definition) is 3. The molecule has 0 aliphatic heterocycles. The smallest absolute Gasteiger partial charge is 0.129 e. The summed E-state index contributed by atoms with van der Waals surface area (Å²) in [6.45, 7) is 5.13. The first-order valence-electron chi connectivity index (χ1n) is 6.27. The first-order chi connectivity index (χ1) is 8.88. The maximum absolute atomic E-state index is 5.61. The lowest BCUT2D eigenvalue weighted by Gasteiger charge is -2.06. The normalized spacial score (nSPS) is 10.7. The monoisotopic (exact) mass is 245 g/mol. The molecule has 0 fully saturated rings. The molecule has 0 aliphatic rings. The average molecular weight is 245 g/mol. The summed E-state index contributed by atoms with van der Waals surface area (Å²) in [5.74, 6) is 0.860. The van der Waals surface area contributed by atoms with Gasteiger partial charge < -0.3 is 14.5 Å². The topological polar surface area (TPSA) is 34.4 Å². The van der Waals surface area contributed by atoms with Crippen LogP contribution in [0.2, 0.25) is 0 Å². The summed E-state index contributed by atoms with van der Waals surface area (Å²) < 4.78 is 10.8. The van der Waals surface area contributed by atoms with Crippen LogP contribution in [-0.4, -0.2) is 6.54 Å². The minimum Gasteiger partial charge on any atom is -0.467 e. The Kier molecular flexibility index (Phi) is 5.00. The van der Waals surface area contributed by atoms with Crippen molar-refractivity contribution in [1.82, 2.24) is 5.32 Å². The number of furan rings is 1. The third-order valence-electron chi connectivity index (χ3n) is 2.66. The summed E-state index contributed by atoms with van der Waals surface area (Å²) in [6, 6.07) is 12.2. The van der Waals surface area contributed by atoms with Crippen LogP contribution in [0.5, 0.6) is 0 Å². The molecule has 0 atom stereocenters. The van der Waals surface area contributed by atoms with Crippen molar-refractivity contribution in [3.63, 3.8) is 0 Å². The fourth-order valence-electron chi connectivity index (χ4n) is 1.76. The molecule has 0 unspecified atom stereocenters. The van der Waals surface area contributed by atoms with Crippen LogP contribution < -0.4 is 5.32 Å². The molecule has 0 saturated heterocycles. The predicted molar refractivity (Wildman–Crippen MR) is 71.0 cm³/mol. The van der Waals surface area contributed by atoms with Crippen LogP contribution >= 0.6 is 0 Å². The Morgan fingerprint density at radius 2 is 2.00 bits per heavy atom. The summed E-state index contributed by atoms with van der Waals surface area (Å²) in [5.41, 5.74) is 2.48. The molecular weight excluding hydrogens is 226 g/mol. The second-order valence-corrected chi connectivity index (χ2v) is 4.17. The van der Waals surface area contributed by atoms with Crippen LogP contribution in [0, 0.1) is 0 Å². The lowest BCUT2D eigenvalue weighted by Crippen LogP contribution is -2.11. The molecular formula is C15H19NO2. The van der Waals surface area contributed by atoms with E-state index in [-0.39, 0.29) is 0 Å². The van der Waals surface area contributed by atoms with Crippen LogP contribution in [0.25, 0.3) is 0 Å². The van der Waals surface area contributed by atoms with E-state index in [4.69, 9.17) is 9.15 Å². The van der Waals surface area contributed by atoms with Crippen LogP contribution in [0.3, 0.4) is 0 Å². The van der Waals surface area contributed by atoms with E-state index < -0.39 is 0 Å². The Bertz CT molecular complexity index is 451. The number of rotatable bonds is 7. The van der Waals surface area contributed by atoms with Gasteiger partial charge in [0.25, 0.3) is 0 Å². The zero-order valence-electron chi connectivity index (χ0n) is 10.7. The zero-order valence-corrected chi connectivity index (χ0v) is 10.7. The largest absolute Gasteiger partial charge is 0.467 e. The van der Waals surface area contributed by atoms with E-state index in [0.29, 0.717) is 13.2 Å². The number of hydrogen-bond donors (Lipinski definition) is 1. The van der Waals surface area contributed by atoms with Crippen LogP contribution in [-0.2, 0) is 24.5 Å². The Morgan fingerprint density at radius 1 is 1.11 bits per heavy atom. The van der Waals surface area contributed by atoms with Crippen LogP contribution in [0.1, 0.15) is 23.8 Å². The lowest BCUT2D eigenvalue weighted by atomic mass is 10.1. The quantitative estimate of drug-likeness (QED) is 0.814. The second-order valence-electron chi connectivity index (χ2n) is 4.17. The summed E-state index contributed by atoms with van der Waals surface area (Å²) in [5, 5.41) is 3.31. The molecule has 0 aliphatic carbocycles. The van der Waals surface area contributed by atoms with Gasteiger partial charge in [-0.3, -0.25) is 0 Å². The van der Waals surface area contributed by atoms with Crippen molar-refractivity contribution in [1.29, 1.82) is 0 Å². The molecule has 1 heterocycles. The molecule has 2 rings (SSSR count). The molecule has 18 heavy (non-hydrogen) atoms. The Balaban J connectivity index is 1.81. The van der Waals surface area contributed by atoms with Crippen LogP contribution in [0.4, 0.5) is 0 Å². The van der Waals surface area contributed by atoms with E-state index in [1.165, 1.54) is 11.1 Å².